The first-order chi connectivity index (χ1) is 9.07. The van der Waals surface area contributed by atoms with Crippen LogP contribution in [0.25, 0.3) is 0 Å². The van der Waals surface area contributed by atoms with Crippen molar-refractivity contribution >= 4 is 0 Å². The summed E-state index contributed by atoms with van der Waals surface area (Å²) in [4.78, 5) is 2.44. The van der Waals surface area contributed by atoms with E-state index >= 15 is 0 Å². The normalized spacial score (nSPS) is 25.7. The van der Waals surface area contributed by atoms with Crippen LogP contribution in [-0.2, 0) is 12.1 Å². The fourth-order valence-electron chi connectivity index (χ4n) is 2.91. The van der Waals surface area contributed by atoms with Crippen LogP contribution in [-0.4, -0.2) is 44.1 Å². The zero-order chi connectivity index (χ0) is 13.9. The molecule has 1 unspecified atom stereocenters. The summed E-state index contributed by atoms with van der Waals surface area (Å²) < 4.78 is 1.87. The zero-order valence-corrected chi connectivity index (χ0v) is 12.3. The second-order valence-electron chi connectivity index (χ2n) is 5.86. The van der Waals surface area contributed by atoms with Crippen LogP contribution < -0.4 is 0 Å². The predicted molar refractivity (Wildman–Crippen MR) is 74.8 cm³/mol. The van der Waals surface area contributed by atoms with E-state index in [-0.39, 0.29) is 0 Å². The van der Waals surface area contributed by atoms with E-state index in [1.807, 2.05) is 4.68 Å². The molecule has 0 saturated carbocycles. The molecule has 0 spiro atoms. The lowest BCUT2D eigenvalue weighted by atomic mass is 9.91. The standard InChI is InChI=1S/C14H26N4O/c1-4-8-18-13(11-15-16-18)14(19)6-5-9-17(10-7-14)12(2)3/h11-12,19H,4-10H2,1-3H3. The van der Waals surface area contributed by atoms with Gasteiger partial charge in [0.05, 0.1) is 11.9 Å². The molecule has 5 nitrogen and oxygen atoms in total. The van der Waals surface area contributed by atoms with Gasteiger partial charge in [-0.1, -0.05) is 12.1 Å². The number of nitrogens with zero attached hydrogens (tertiary/aromatic N) is 4. The fraction of sp³-hybridized carbons (Fsp3) is 0.857. The van der Waals surface area contributed by atoms with E-state index in [1.165, 1.54) is 0 Å². The highest BCUT2D eigenvalue weighted by Gasteiger charge is 2.35. The molecule has 1 aliphatic rings. The Kier molecular flexibility index (Phi) is 4.58. The van der Waals surface area contributed by atoms with Gasteiger partial charge in [0, 0.05) is 19.1 Å². The van der Waals surface area contributed by atoms with E-state index in [1.54, 1.807) is 6.20 Å². The minimum Gasteiger partial charge on any atom is -0.383 e. The average Bonchev–Trinajstić information content (AvgIpc) is 2.73. The van der Waals surface area contributed by atoms with Gasteiger partial charge in [0.1, 0.15) is 5.60 Å². The molecule has 2 heterocycles. The van der Waals surface area contributed by atoms with Gasteiger partial charge in [0.2, 0.25) is 0 Å². The molecule has 1 N–H and O–H groups in total. The molecule has 1 aromatic heterocycles. The van der Waals surface area contributed by atoms with Crippen molar-refractivity contribution in [3.8, 4) is 0 Å². The van der Waals surface area contributed by atoms with Crippen LogP contribution in [0.1, 0.15) is 52.1 Å². The summed E-state index contributed by atoms with van der Waals surface area (Å²) in [5, 5.41) is 19.1. The summed E-state index contributed by atoms with van der Waals surface area (Å²) in [7, 11) is 0. The molecular formula is C14H26N4O. The first kappa shape index (κ1) is 14.5. The summed E-state index contributed by atoms with van der Waals surface area (Å²) in [5.74, 6) is 0. The molecule has 0 radical (unpaired) electrons. The molecule has 0 amide bonds. The molecule has 5 heteroatoms. The Balaban J connectivity index is 2.15. The topological polar surface area (TPSA) is 54.2 Å². The Morgan fingerprint density at radius 3 is 2.84 bits per heavy atom. The third kappa shape index (κ3) is 3.15. The van der Waals surface area contributed by atoms with E-state index in [4.69, 9.17) is 0 Å². The maximum Gasteiger partial charge on any atom is 0.109 e. The van der Waals surface area contributed by atoms with Crippen LogP contribution in [0.3, 0.4) is 0 Å². The van der Waals surface area contributed by atoms with Crippen molar-refractivity contribution in [2.45, 2.75) is 64.6 Å². The maximum atomic E-state index is 11.0. The smallest absolute Gasteiger partial charge is 0.109 e. The van der Waals surface area contributed by atoms with Crippen LogP contribution in [0, 0.1) is 0 Å². The minimum atomic E-state index is -0.762. The SMILES string of the molecule is CCCn1nncc1C1(O)CCCN(C(C)C)CC1. The number of aliphatic hydroxyl groups is 1. The largest absolute Gasteiger partial charge is 0.383 e. The summed E-state index contributed by atoms with van der Waals surface area (Å²) in [6.07, 6.45) is 5.33. The van der Waals surface area contributed by atoms with Gasteiger partial charge in [-0.25, -0.2) is 4.68 Å². The molecule has 19 heavy (non-hydrogen) atoms. The minimum absolute atomic E-state index is 0.543. The highest BCUT2D eigenvalue weighted by atomic mass is 16.3. The number of hydrogen-bond acceptors (Lipinski definition) is 4. The molecule has 0 aromatic carbocycles. The number of hydrogen-bond donors (Lipinski definition) is 1. The van der Waals surface area contributed by atoms with Crippen molar-refractivity contribution in [3.05, 3.63) is 11.9 Å². The van der Waals surface area contributed by atoms with Crippen LogP contribution >= 0.6 is 0 Å². The predicted octanol–water partition coefficient (Wildman–Crippen LogP) is 1.77. The van der Waals surface area contributed by atoms with Gasteiger partial charge in [0.25, 0.3) is 0 Å². The van der Waals surface area contributed by atoms with Crippen LogP contribution in [0.5, 0.6) is 0 Å². The van der Waals surface area contributed by atoms with Gasteiger partial charge in [-0.05, 0) is 46.1 Å². The molecule has 0 bridgehead atoms. The van der Waals surface area contributed by atoms with Gasteiger partial charge < -0.3 is 10.0 Å². The van der Waals surface area contributed by atoms with E-state index < -0.39 is 5.60 Å². The van der Waals surface area contributed by atoms with E-state index in [0.29, 0.717) is 6.04 Å². The second-order valence-corrected chi connectivity index (χ2v) is 5.86. The van der Waals surface area contributed by atoms with E-state index in [2.05, 4.69) is 36.0 Å². The van der Waals surface area contributed by atoms with Crippen LogP contribution in [0.15, 0.2) is 6.20 Å². The monoisotopic (exact) mass is 266 g/mol. The lowest BCUT2D eigenvalue weighted by Gasteiger charge is -2.28. The summed E-state index contributed by atoms with van der Waals surface area (Å²) in [6, 6.07) is 0.543. The number of likely N-dealkylation sites (tertiary alicyclic amines) is 1. The fourth-order valence-corrected chi connectivity index (χ4v) is 2.91. The van der Waals surface area contributed by atoms with Crippen LogP contribution in [0.4, 0.5) is 0 Å². The Bertz CT molecular complexity index is 404. The highest BCUT2D eigenvalue weighted by molar-refractivity contribution is 5.09. The van der Waals surface area contributed by atoms with E-state index in [9.17, 15) is 5.11 Å². The maximum absolute atomic E-state index is 11.0. The molecule has 1 atom stereocenters. The molecular weight excluding hydrogens is 240 g/mol. The average molecular weight is 266 g/mol. The molecule has 2 rings (SSSR count). The first-order valence-corrected chi connectivity index (χ1v) is 7.42. The Labute approximate surface area is 115 Å². The Morgan fingerprint density at radius 2 is 2.16 bits per heavy atom. The molecule has 1 saturated heterocycles. The molecule has 1 fully saturated rings. The first-order valence-electron chi connectivity index (χ1n) is 7.42. The van der Waals surface area contributed by atoms with Crippen molar-refractivity contribution in [1.82, 2.24) is 19.9 Å². The van der Waals surface area contributed by atoms with Crippen molar-refractivity contribution in [2.75, 3.05) is 13.1 Å². The highest BCUT2D eigenvalue weighted by Crippen LogP contribution is 2.32. The van der Waals surface area contributed by atoms with Gasteiger partial charge in [0.15, 0.2) is 0 Å². The molecule has 0 aliphatic carbocycles. The number of aryl methyl sites for hydroxylation is 1. The van der Waals surface area contributed by atoms with Gasteiger partial charge in [-0.2, -0.15) is 0 Å². The number of aromatic nitrogens is 3. The molecule has 1 aromatic rings. The summed E-state index contributed by atoms with van der Waals surface area (Å²) in [6.45, 7) is 9.37. The van der Waals surface area contributed by atoms with Crippen molar-refractivity contribution in [1.29, 1.82) is 0 Å². The van der Waals surface area contributed by atoms with Crippen LogP contribution in [0.2, 0.25) is 0 Å². The third-order valence-corrected chi connectivity index (χ3v) is 4.11. The molecule has 1 aliphatic heterocycles. The van der Waals surface area contributed by atoms with E-state index in [0.717, 1.165) is 51.0 Å². The van der Waals surface area contributed by atoms with Gasteiger partial charge in [-0.15, -0.1) is 5.10 Å². The summed E-state index contributed by atoms with van der Waals surface area (Å²) >= 11 is 0. The second kappa shape index (κ2) is 6.01. The zero-order valence-electron chi connectivity index (χ0n) is 12.3. The Hall–Kier alpha value is -0.940. The Morgan fingerprint density at radius 1 is 1.37 bits per heavy atom. The summed E-state index contributed by atoms with van der Waals surface area (Å²) in [5.41, 5.74) is 0.127. The van der Waals surface area contributed by atoms with Crippen molar-refractivity contribution < 1.29 is 5.11 Å². The van der Waals surface area contributed by atoms with Gasteiger partial charge in [-0.3, -0.25) is 0 Å². The van der Waals surface area contributed by atoms with Gasteiger partial charge >= 0.3 is 0 Å². The lowest BCUT2D eigenvalue weighted by Crippen LogP contribution is -2.34. The van der Waals surface area contributed by atoms with Crippen molar-refractivity contribution in [3.63, 3.8) is 0 Å². The lowest BCUT2D eigenvalue weighted by molar-refractivity contribution is 0.0116. The quantitative estimate of drug-likeness (QED) is 0.902. The molecule has 108 valence electrons. The number of rotatable bonds is 4. The van der Waals surface area contributed by atoms with Crippen molar-refractivity contribution in [2.24, 2.45) is 0 Å². The third-order valence-electron chi connectivity index (χ3n) is 4.11.